The average Bonchev–Trinajstić information content (AvgIpc) is 2.98. The van der Waals surface area contributed by atoms with Crippen LogP contribution in [0, 0.1) is 0 Å². The number of nitrogens with one attached hydrogen (secondary N) is 2. The van der Waals surface area contributed by atoms with Crippen LogP contribution in [0.1, 0.15) is 44.5 Å². The van der Waals surface area contributed by atoms with Gasteiger partial charge in [0.1, 0.15) is 0 Å². The van der Waals surface area contributed by atoms with E-state index in [0.717, 1.165) is 3.97 Å². The van der Waals surface area contributed by atoms with Crippen molar-refractivity contribution in [3.63, 3.8) is 0 Å². The van der Waals surface area contributed by atoms with E-state index in [2.05, 4.69) is 15.7 Å². The Balaban J connectivity index is 2.58. The Morgan fingerprint density at radius 2 is 2.00 bits per heavy atom. The minimum Gasteiger partial charge on any atom is -0.298 e. The van der Waals surface area contributed by atoms with Gasteiger partial charge in [0.15, 0.2) is 0 Å². The average molecular weight is 384 g/mol. The van der Waals surface area contributed by atoms with E-state index in [4.69, 9.17) is 5.84 Å². The summed E-state index contributed by atoms with van der Waals surface area (Å²) in [4.78, 5) is 26.9. The Bertz CT molecular complexity index is 808. The van der Waals surface area contributed by atoms with Crippen molar-refractivity contribution < 1.29 is 18.0 Å². The number of carbonyl (C=O) groups is 2. The second-order valence-corrected chi connectivity index (χ2v) is 7.62. The first-order valence-electron chi connectivity index (χ1n) is 8.44. The van der Waals surface area contributed by atoms with Crippen molar-refractivity contribution in [1.29, 1.82) is 0 Å². The van der Waals surface area contributed by atoms with Gasteiger partial charge in [0.2, 0.25) is 12.4 Å². The fourth-order valence-corrected chi connectivity index (χ4v) is 4.75. The molecule has 144 valence electrons. The summed E-state index contributed by atoms with van der Waals surface area (Å²) in [5.74, 6) is 4.62. The van der Waals surface area contributed by atoms with Crippen LogP contribution in [0.5, 0.6) is 0 Å². The smallest absolute Gasteiger partial charge is 0.298 e. The van der Waals surface area contributed by atoms with Gasteiger partial charge in [0, 0.05) is 18.7 Å². The van der Waals surface area contributed by atoms with Crippen LogP contribution in [0.4, 0.5) is 5.95 Å². The molecule has 1 aromatic heterocycles. The van der Waals surface area contributed by atoms with Crippen molar-refractivity contribution in [3.05, 3.63) is 17.0 Å². The Hall–Kier alpha value is -2.24. The number of carbonyl (C=O) groups excluding carboxylic acids is 2. The van der Waals surface area contributed by atoms with Crippen LogP contribution in [0.3, 0.4) is 0 Å². The number of fused-ring (bicyclic) bond motifs is 1. The molecule has 0 unspecified atom stereocenters. The summed E-state index contributed by atoms with van der Waals surface area (Å²) in [5, 5.41) is 2.35. The highest BCUT2D eigenvalue weighted by Gasteiger charge is 2.32. The molecule has 0 fully saturated rings. The maximum atomic E-state index is 13.2. The lowest BCUT2D eigenvalue weighted by Gasteiger charge is -2.24. The number of nitrogens with two attached hydrogens (primary N) is 1. The van der Waals surface area contributed by atoms with E-state index in [1.54, 1.807) is 0 Å². The lowest BCUT2D eigenvalue weighted by atomic mass is 10.00. The predicted octanol–water partition coefficient (Wildman–Crippen LogP) is -0.0142. The van der Waals surface area contributed by atoms with Gasteiger partial charge in [-0.1, -0.05) is 13.8 Å². The zero-order chi connectivity index (χ0) is 19.3. The van der Waals surface area contributed by atoms with Crippen LogP contribution >= 0.6 is 0 Å². The van der Waals surface area contributed by atoms with E-state index >= 15 is 0 Å². The van der Waals surface area contributed by atoms with Crippen molar-refractivity contribution in [1.82, 2.24) is 18.7 Å². The molecule has 0 saturated heterocycles. The number of aromatic nitrogens is 2. The summed E-state index contributed by atoms with van der Waals surface area (Å²) in [6.07, 6.45) is 3.79. The van der Waals surface area contributed by atoms with Gasteiger partial charge in [-0.3, -0.25) is 20.3 Å². The third-order valence-electron chi connectivity index (χ3n) is 4.02. The highest BCUT2D eigenvalue weighted by atomic mass is 32.2. The molecule has 0 bridgehead atoms. The Morgan fingerprint density at radius 1 is 1.35 bits per heavy atom. The number of amides is 2. The van der Waals surface area contributed by atoms with Crippen LogP contribution in [0.2, 0.25) is 0 Å². The Labute approximate surface area is 152 Å². The molecule has 0 aliphatic heterocycles. The molecule has 0 saturated carbocycles. The first-order chi connectivity index (χ1) is 12.4. The summed E-state index contributed by atoms with van der Waals surface area (Å²) in [7, 11) is -3.91. The fraction of sp³-hybridized carbons (Fsp3) is 0.533. The van der Waals surface area contributed by atoms with E-state index in [1.165, 1.54) is 10.4 Å². The molecule has 26 heavy (non-hydrogen) atoms. The first kappa shape index (κ1) is 20.1. The topological polar surface area (TPSA) is 139 Å². The molecule has 1 aliphatic rings. The van der Waals surface area contributed by atoms with E-state index in [-0.39, 0.29) is 12.4 Å². The normalized spacial score (nSPS) is 13.9. The van der Waals surface area contributed by atoms with Gasteiger partial charge in [-0.2, -0.15) is 16.7 Å². The van der Waals surface area contributed by atoms with Gasteiger partial charge in [-0.25, -0.2) is 10.8 Å². The molecule has 1 heterocycles. The van der Waals surface area contributed by atoms with Crippen molar-refractivity contribution >= 4 is 34.6 Å². The van der Waals surface area contributed by atoms with Gasteiger partial charge in [-0.05, 0) is 31.8 Å². The second-order valence-electron chi connectivity index (χ2n) is 5.84. The van der Waals surface area contributed by atoms with Crippen LogP contribution in [-0.2, 0) is 26.2 Å². The minimum absolute atomic E-state index is 0.0899. The van der Waals surface area contributed by atoms with Crippen LogP contribution in [-0.4, -0.2) is 47.1 Å². The molecule has 2 amide bonds. The SMILES string of the molecule is CCCN(CCC)S(=O)(=O)n1c(NC=O)nc2c1CCC(C(=O)NN)=C2. The monoisotopic (exact) mass is 384 g/mol. The van der Waals surface area contributed by atoms with Gasteiger partial charge < -0.3 is 0 Å². The maximum Gasteiger partial charge on any atom is 0.310 e. The molecule has 0 radical (unpaired) electrons. The molecule has 1 aromatic rings. The zero-order valence-corrected chi connectivity index (χ0v) is 15.7. The maximum absolute atomic E-state index is 13.2. The van der Waals surface area contributed by atoms with Crippen LogP contribution < -0.4 is 16.6 Å². The fourth-order valence-electron chi connectivity index (χ4n) is 2.91. The molecule has 0 aromatic carbocycles. The zero-order valence-electron chi connectivity index (χ0n) is 14.9. The summed E-state index contributed by atoms with van der Waals surface area (Å²) in [5.41, 5.74) is 3.22. The van der Waals surface area contributed by atoms with Crippen molar-refractivity contribution in [3.8, 4) is 0 Å². The lowest BCUT2D eigenvalue weighted by molar-refractivity contribution is -0.117. The number of hydrogen-bond acceptors (Lipinski definition) is 6. The number of rotatable bonds is 9. The minimum atomic E-state index is -3.91. The van der Waals surface area contributed by atoms with Gasteiger partial charge in [0.05, 0.1) is 11.4 Å². The second kappa shape index (κ2) is 8.43. The highest BCUT2D eigenvalue weighted by molar-refractivity contribution is 7.87. The Kier molecular flexibility index (Phi) is 6.51. The Morgan fingerprint density at radius 3 is 2.54 bits per heavy atom. The molecule has 0 atom stereocenters. The molecule has 1 aliphatic carbocycles. The lowest BCUT2D eigenvalue weighted by Crippen LogP contribution is -2.38. The number of nitrogens with zero attached hydrogens (tertiary/aromatic N) is 3. The molecule has 11 heteroatoms. The number of anilines is 1. The van der Waals surface area contributed by atoms with Crippen molar-refractivity contribution in [2.75, 3.05) is 18.4 Å². The third-order valence-corrected chi connectivity index (χ3v) is 5.89. The molecule has 4 N–H and O–H groups in total. The quantitative estimate of drug-likeness (QED) is 0.237. The van der Waals surface area contributed by atoms with Gasteiger partial charge >= 0.3 is 10.2 Å². The van der Waals surface area contributed by atoms with E-state index in [9.17, 15) is 18.0 Å². The number of hydrogen-bond donors (Lipinski definition) is 3. The van der Waals surface area contributed by atoms with Crippen molar-refractivity contribution in [2.45, 2.75) is 39.5 Å². The number of hydrazine groups is 1. The van der Waals surface area contributed by atoms with Gasteiger partial charge in [0.25, 0.3) is 5.91 Å². The van der Waals surface area contributed by atoms with E-state index in [0.29, 0.717) is 55.7 Å². The summed E-state index contributed by atoms with van der Waals surface area (Å²) in [6, 6.07) is 0. The summed E-state index contributed by atoms with van der Waals surface area (Å²) >= 11 is 0. The van der Waals surface area contributed by atoms with Crippen LogP contribution in [0.25, 0.3) is 6.08 Å². The summed E-state index contributed by atoms with van der Waals surface area (Å²) in [6.45, 7) is 4.51. The third kappa shape index (κ3) is 3.79. The highest BCUT2D eigenvalue weighted by Crippen LogP contribution is 2.29. The number of imidazole rings is 1. The van der Waals surface area contributed by atoms with Gasteiger partial charge in [-0.15, -0.1) is 0 Å². The molecule has 0 spiro atoms. The molecular formula is C15H24N6O4S. The molecular weight excluding hydrogens is 360 g/mol. The van der Waals surface area contributed by atoms with E-state index < -0.39 is 16.1 Å². The van der Waals surface area contributed by atoms with Crippen molar-refractivity contribution in [2.24, 2.45) is 5.84 Å². The first-order valence-corrected chi connectivity index (χ1v) is 9.84. The summed E-state index contributed by atoms with van der Waals surface area (Å²) < 4.78 is 28.8. The largest absolute Gasteiger partial charge is 0.310 e. The van der Waals surface area contributed by atoms with E-state index in [1.807, 2.05) is 13.8 Å². The van der Waals surface area contributed by atoms with Crippen LogP contribution in [0.15, 0.2) is 5.57 Å². The molecule has 10 nitrogen and oxygen atoms in total. The molecule has 2 rings (SSSR count). The predicted molar refractivity (Wildman–Crippen MR) is 97.0 cm³/mol. The standard InChI is InChI=1S/C15H24N6O4S/c1-3-7-20(8-4-2)26(24,25)21-13-6-5-11(14(23)19-16)9-12(13)18-15(21)17-10-22/h9-10H,3-8,16H2,1-2H3,(H,19,23)(H,17,18,22).